The summed E-state index contributed by atoms with van der Waals surface area (Å²) >= 11 is 0. The lowest BCUT2D eigenvalue weighted by Crippen LogP contribution is -2.73. The van der Waals surface area contributed by atoms with Crippen LogP contribution in [0, 0.1) is 19.8 Å². The van der Waals surface area contributed by atoms with Gasteiger partial charge in [0.05, 0.1) is 11.6 Å². The average molecular weight is 509 g/mol. The van der Waals surface area contributed by atoms with Crippen molar-refractivity contribution in [3.05, 3.63) is 58.4 Å². The van der Waals surface area contributed by atoms with Gasteiger partial charge in [-0.15, -0.1) is 0 Å². The number of hydrogen-bond acceptors (Lipinski definition) is 4. The Morgan fingerprint density at radius 2 is 1.78 bits per heavy atom. The molecule has 2 fully saturated rings. The molecule has 0 radical (unpaired) electrons. The molecule has 0 aliphatic carbocycles. The first-order chi connectivity index (χ1) is 17.6. The molecule has 0 saturated carbocycles. The highest BCUT2D eigenvalue weighted by atomic mass is 16.4. The predicted molar refractivity (Wildman–Crippen MR) is 142 cm³/mol. The van der Waals surface area contributed by atoms with E-state index in [2.05, 4.69) is 42.0 Å². The van der Waals surface area contributed by atoms with Gasteiger partial charge in [-0.2, -0.15) is 0 Å². The molecule has 0 bridgehead atoms. The Morgan fingerprint density at radius 1 is 1.14 bits per heavy atom. The Kier molecular flexibility index (Phi) is 7.78. The fraction of sp³-hybridized carbons (Fsp3) is 0.552. The number of piperazine rings is 1. The number of nitrogens with zero attached hydrogens (tertiary/aromatic N) is 2. The summed E-state index contributed by atoms with van der Waals surface area (Å²) in [5.74, 6) is -0.616. The summed E-state index contributed by atoms with van der Waals surface area (Å²) in [6.45, 7) is 12.1. The van der Waals surface area contributed by atoms with E-state index in [1.807, 2.05) is 30.9 Å². The lowest BCUT2D eigenvalue weighted by molar-refractivity contribution is -0.162. The van der Waals surface area contributed by atoms with Crippen molar-refractivity contribution in [2.24, 2.45) is 5.92 Å². The van der Waals surface area contributed by atoms with Crippen LogP contribution in [0.2, 0.25) is 0 Å². The zero-order chi connectivity index (χ0) is 26.9. The molecule has 2 aromatic rings. The number of H-pyrrole nitrogens is 1. The van der Waals surface area contributed by atoms with Crippen LogP contribution in [0.25, 0.3) is 0 Å². The molecule has 1 aromatic carbocycles. The number of rotatable bonds is 8. The van der Waals surface area contributed by atoms with Gasteiger partial charge in [0, 0.05) is 31.0 Å². The molecule has 2 atom stereocenters. The molecule has 2 aliphatic rings. The predicted octanol–water partition coefficient (Wildman–Crippen LogP) is 4.04. The van der Waals surface area contributed by atoms with Gasteiger partial charge in [0.25, 0.3) is 0 Å². The molecule has 4 rings (SSSR count). The lowest BCUT2D eigenvalue weighted by atomic mass is 9.79. The number of nitrogens with one attached hydrogen (secondary N) is 2. The molecule has 1 aromatic heterocycles. The highest BCUT2D eigenvalue weighted by molar-refractivity contribution is 6.00. The maximum atomic E-state index is 13.6. The van der Waals surface area contributed by atoms with Gasteiger partial charge in [-0.05, 0) is 74.8 Å². The molecule has 200 valence electrons. The molecular formula is C29H40N4O4. The van der Waals surface area contributed by atoms with Crippen molar-refractivity contribution in [2.45, 2.75) is 77.9 Å². The highest BCUT2D eigenvalue weighted by Gasteiger charge is 2.53. The van der Waals surface area contributed by atoms with Crippen LogP contribution >= 0.6 is 0 Å². The largest absolute Gasteiger partial charge is 0.478 e. The highest BCUT2D eigenvalue weighted by Crippen LogP contribution is 2.39. The van der Waals surface area contributed by atoms with Crippen molar-refractivity contribution in [3.8, 4) is 0 Å². The molecule has 3 N–H and O–H groups in total. The van der Waals surface area contributed by atoms with Crippen molar-refractivity contribution in [3.63, 3.8) is 0 Å². The van der Waals surface area contributed by atoms with Gasteiger partial charge in [0.1, 0.15) is 11.6 Å². The minimum absolute atomic E-state index is 0.0260. The third-order valence-corrected chi connectivity index (χ3v) is 7.91. The summed E-state index contributed by atoms with van der Waals surface area (Å²) in [5.41, 5.74) is 3.72. The number of aromatic amines is 1. The maximum Gasteiger partial charge on any atom is 0.335 e. The number of hydrogen-bond donors (Lipinski definition) is 3. The zero-order valence-electron chi connectivity index (χ0n) is 22.6. The second-order valence-corrected chi connectivity index (χ2v) is 11.1. The molecule has 8 nitrogen and oxygen atoms in total. The topological polar surface area (TPSA) is 106 Å². The summed E-state index contributed by atoms with van der Waals surface area (Å²) in [6.07, 6.45) is 2.57. The number of piperidine rings is 1. The van der Waals surface area contributed by atoms with E-state index in [4.69, 9.17) is 0 Å². The molecule has 2 aliphatic heterocycles. The van der Waals surface area contributed by atoms with Crippen LogP contribution in [-0.2, 0) is 9.59 Å². The number of carboxylic acids is 1. The third kappa shape index (κ3) is 5.17. The third-order valence-electron chi connectivity index (χ3n) is 7.91. The Hall–Kier alpha value is -3.13. The van der Waals surface area contributed by atoms with Crippen LogP contribution in [0.15, 0.2) is 30.3 Å². The van der Waals surface area contributed by atoms with E-state index in [9.17, 15) is 19.5 Å². The van der Waals surface area contributed by atoms with E-state index in [-0.39, 0.29) is 23.4 Å². The summed E-state index contributed by atoms with van der Waals surface area (Å²) in [5, 5.41) is 12.4. The maximum absolute atomic E-state index is 13.6. The van der Waals surface area contributed by atoms with Gasteiger partial charge in [0.15, 0.2) is 0 Å². The average Bonchev–Trinajstić information content (AvgIpc) is 3.19. The fourth-order valence-corrected chi connectivity index (χ4v) is 6.13. The zero-order valence-corrected chi connectivity index (χ0v) is 22.6. The van der Waals surface area contributed by atoms with Gasteiger partial charge in [-0.3, -0.25) is 14.5 Å². The van der Waals surface area contributed by atoms with Gasteiger partial charge in [-0.1, -0.05) is 32.9 Å². The van der Waals surface area contributed by atoms with Crippen LogP contribution in [0.5, 0.6) is 0 Å². The first-order valence-electron chi connectivity index (χ1n) is 13.4. The first kappa shape index (κ1) is 26.9. The standard InChI is InChI=1S/C29H40N4O4/c1-6-13-33-26(34)24(16-18(2)3)31-28(37)29(33)11-14-32(15-12-29)25(23-17-19(4)30-20(23)5)21-7-9-22(10-8-21)27(35)36/h7-10,17-18,24-25,30H,6,11-16H2,1-5H3,(H,31,37)(H,35,36). The molecular weight excluding hydrogens is 468 g/mol. The molecule has 3 heterocycles. The lowest BCUT2D eigenvalue weighted by Gasteiger charge is -2.52. The number of carbonyl (C=O) groups is 3. The van der Waals surface area contributed by atoms with E-state index in [1.165, 1.54) is 0 Å². The van der Waals surface area contributed by atoms with E-state index in [0.29, 0.717) is 44.8 Å². The number of aromatic carboxylic acids is 1. The number of likely N-dealkylation sites (tertiary alicyclic amines) is 1. The molecule has 2 amide bonds. The summed E-state index contributed by atoms with van der Waals surface area (Å²) < 4.78 is 0. The second-order valence-electron chi connectivity index (χ2n) is 11.1. The van der Waals surface area contributed by atoms with Gasteiger partial charge in [0.2, 0.25) is 11.8 Å². The molecule has 8 heteroatoms. The van der Waals surface area contributed by atoms with Crippen LogP contribution in [0.4, 0.5) is 0 Å². The van der Waals surface area contributed by atoms with E-state index in [0.717, 1.165) is 28.9 Å². The second kappa shape index (κ2) is 10.7. The Balaban J connectivity index is 1.63. The minimum Gasteiger partial charge on any atom is -0.478 e. The van der Waals surface area contributed by atoms with E-state index in [1.54, 1.807) is 12.1 Å². The van der Waals surface area contributed by atoms with E-state index >= 15 is 0 Å². The Labute approximate surface area is 219 Å². The summed E-state index contributed by atoms with van der Waals surface area (Å²) in [4.78, 5) is 46.1. The van der Waals surface area contributed by atoms with Crippen LogP contribution in [-0.4, -0.2) is 68.9 Å². The molecule has 2 unspecified atom stereocenters. The smallest absolute Gasteiger partial charge is 0.335 e. The number of aryl methyl sites for hydroxylation is 2. The normalized spacial score (nSPS) is 20.9. The minimum atomic E-state index is -0.948. The van der Waals surface area contributed by atoms with Crippen LogP contribution < -0.4 is 5.32 Å². The number of carbonyl (C=O) groups excluding carboxylic acids is 2. The number of carboxylic acid groups (broad SMARTS) is 1. The van der Waals surface area contributed by atoms with Crippen molar-refractivity contribution in [1.82, 2.24) is 20.1 Å². The Morgan fingerprint density at radius 3 is 2.30 bits per heavy atom. The van der Waals surface area contributed by atoms with Crippen molar-refractivity contribution >= 4 is 17.8 Å². The fourth-order valence-electron chi connectivity index (χ4n) is 6.13. The van der Waals surface area contributed by atoms with Crippen molar-refractivity contribution in [2.75, 3.05) is 19.6 Å². The molecule has 37 heavy (non-hydrogen) atoms. The number of benzene rings is 1. The van der Waals surface area contributed by atoms with Gasteiger partial charge in [-0.25, -0.2) is 4.79 Å². The van der Waals surface area contributed by atoms with Crippen molar-refractivity contribution < 1.29 is 19.5 Å². The number of aromatic nitrogens is 1. The van der Waals surface area contributed by atoms with Gasteiger partial charge >= 0.3 is 5.97 Å². The van der Waals surface area contributed by atoms with Crippen LogP contribution in [0.3, 0.4) is 0 Å². The summed E-state index contributed by atoms with van der Waals surface area (Å²) in [7, 11) is 0. The monoisotopic (exact) mass is 508 g/mol. The SMILES string of the molecule is CCCN1C(=O)C(CC(C)C)NC(=O)C12CCN(C(c1ccc(C(=O)O)cc1)c1cc(C)[nH]c1C)CC2. The Bertz CT molecular complexity index is 1150. The molecule has 1 spiro atoms. The van der Waals surface area contributed by atoms with Gasteiger partial charge < -0.3 is 20.3 Å². The summed E-state index contributed by atoms with van der Waals surface area (Å²) in [6, 6.07) is 8.68. The van der Waals surface area contributed by atoms with Crippen molar-refractivity contribution in [1.29, 1.82) is 0 Å². The quantitative estimate of drug-likeness (QED) is 0.499. The van der Waals surface area contributed by atoms with E-state index < -0.39 is 17.6 Å². The first-order valence-corrected chi connectivity index (χ1v) is 13.4. The number of amides is 2. The molecule has 2 saturated heterocycles. The van der Waals surface area contributed by atoms with Crippen LogP contribution in [0.1, 0.15) is 85.4 Å².